The zero-order chi connectivity index (χ0) is 13.1. The summed E-state index contributed by atoms with van der Waals surface area (Å²) in [6, 6.07) is 5.68. The molecule has 1 aliphatic carbocycles. The van der Waals surface area contributed by atoms with Crippen LogP contribution in [-0.4, -0.2) is 11.9 Å². The number of nitrogen functional groups attached to an aromatic ring is 1. The number of nitrogens with one attached hydrogen (secondary N) is 1. The number of carbonyl (C=O) groups is 1. The lowest BCUT2D eigenvalue weighted by atomic mass is 9.87. The standard InChI is InChI=1S/C14H19BrN2O/c1-9-4-2-5-10(8-9)17-14(18)11-6-3-7-12(16)13(11)15/h3,6-7,9-10H,2,4-5,8,16H2,1H3,(H,17,18). The highest BCUT2D eigenvalue weighted by atomic mass is 79.9. The highest BCUT2D eigenvalue weighted by molar-refractivity contribution is 9.10. The Kier molecular flexibility index (Phi) is 4.27. The molecule has 0 heterocycles. The molecule has 0 aromatic heterocycles. The third-order valence-electron chi connectivity index (χ3n) is 3.54. The van der Waals surface area contributed by atoms with E-state index in [1.54, 1.807) is 18.2 Å². The maximum Gasteiger partial charge on any atom is 0.252 e. The van der Waals surface area contributed by atoms with Crippen LogP contribution in [-0.2, 0) is 0 Å². The number of hydrogen-bond donors (Lipinski definition) is 2. The topological polar surface area (TPSA) is 55.1 Å². The maximum absolute atomic E-state index is 12.2. The van der Waals surface area contributed by atoms with Crippen molar-refractivity contribution in [2.24, 2.45) is 5.92 Å². The van der Waals surface area contributed by atoms with Gasteiger partial charge in [0.05, 0.1) is 10.0 Å². The number of rotatable bonds is 2. The molecule has 3 N–H and O–H groups in total. The van der Waals surface area contributed by atoms with E-state index in [0.717, 1.165) is 12.8 Å². The van der Waals surface area contributed by atoms with Crippen molar-refractivity contribution in [1.29, 1.82) is 0 Å². The maximum atomic E-state index is 12.2. The Bertz CT molecular complexity index is 447. The minimum absolute atomic E-state index is 0.0340. The first-order valence-corrected chi connectivity index (χ1v) is 7.22. The normalized spacial score (nSPS) is 23.7. The molecule has 1 aromatic rings. The fourth-order valence-corrected chi connectivity index (χ4v) is 3.00. The van der Waals surface area contributed by atoms with Gasteiger partial charge in [0.1, 0.15) is 0 Å². The summed E-state index contributed by atoms with van der Waals surface area (Å²) in [4.78, 5) is 12.2. The van der Waals surface area contributed by atoms with Gasteiger partial charge in [-0.3, -0.25) is 4.79 Å². The molecule has 3 nitrogen and oxygen atoms in total. The first-order chi connectivity index (χ1) is 8.58. The third-order valence-corrected chi connectivity index (χ3v) is 4.43. The van der Waals surface area contributed by atoms with Crippen LogP contribution in [0.15, 0.2) is 22.7 Å². The van der Waals surface area contributed by atoms with Crippen LogP contribution in [0.2, 0.25) is 0 Å². The smallest absolute Gasteiger partial charge is 0.252 e. The van der Waals surface area contributed by atoms with Crippen molar-refractivity contribution in [2.75, 3.05) is 5.73 Å². The molecular weight excluding hydrogens is 292 g/mol. The van der Waals surface area contributed by atoms with Gasteiger partial charge in [0.25, 0.3) is 5.91 Å². The molecule has 1 amide bonds. The molecular formula is C14H19BrN2O. The summed E-state index contributed by atoms with van der Waals surface area (Å²) in [6.07, 6.45) is 4.63. The summed E-state index contributed by atoms with van der Waals surface area (Å²) in [7, 11) is 0. The van der Waals surface area contributed by atoms with Gasteiger partial charge in [-0.05, 0) is 46.8 Å². The number of anilines is 1. The Morgan fingerprint density at radius 2 is 2.22 bits per heavy atom. The Morgan fingerprint density at radius 1 is 1.44 bits per heavy atom. The van der Waals surface area contributed by atoms with E-state index >= 15 is 0 Å². The van der Waals surface area contributed by atoms with Crippen LogP contribution in [0, 0.1) is 5.92 Å². The van der Waals surface area contributed by atoms with Crippen LogP contribution in [0.4, 0.5) is 5.69 Å². The van der Waals surface area contributed by atoms with Crippen LogP contribution in [0.5, 0.6) is 0 Å². The van der Waals surface area contributed by atoms with Gasteiger partial charge in [0, 0.05) is 11.7 Å². The number of carbonyl (C=O) groups excluding carboxylic acids is 1. The van der Waals surface area contributed by atoms with Crippen LogP contribution in [0.25, 0.3) is 0 Å². The van der Waals surface area contributed by atoms with E-state index in [4.69, 9.17) is 5.73 Å². The number of amides is 1. The Balaban J connectivity index is 2.05. The second kappa shape index (κ2) is 5.74. The molecule has 1 fully saturated rings. The van der Waals surface area contributed by atoms with Gasteiger partial charge < -0.3 is 11.1 Å². The number of halogens is 1. The summed E-state index contributed by atoms with van der Waals surface area (Å²) >= 11 is 3.37. The monoisotopic (exact) mass is 310 g/mol. The van der Waals surface area contributed by atoms with Crippen molar-refractivity contribution < 1.29 is 4.79 Å². The number of nitrogens with two attached hydrogens (primary N) is 1. The summed E-state index contributed by atoms with van der Waals surface area (Å²) in [5.41, 5.74) is 7.00. The fraction of sp³-hybridized carbons (Fsp3) is 0.500. The van der Waals surface area contributed by atoms with Crippen molar-refractivity contribution in [3.63, 3.8) is 0 Å². The number of hydrogen-bond acceptors (Lipinski definition) is 2. The molecule has 0 radical (unpaired) electrons. The molecule has 18 heavy (non-hydrogen) atoms. The summed E-state index contributed by atoms with van der Waals surface area (Å²) in [6.45, 7) is 2.24. The number of benzene rings is 1. The van der Waals surface area contributed by atoms with Gasteiger partial charge in [-0.25, -0.2) is 0 Å². The first-order valence-electron chi connectivity index (χ1n) is 6.42. The highest BCUT2D eigenvalue weighted by Gasteiger charge is 2.21. The molecule has 0 bridgehead atoms. The predicted molar refractivity (Wildman–Crippen MR) is 77.4 cm³/mol. The van der Waals surface area contributed by atoms with E-state index < -0.39 is 0 Å². The largest absolute Gasteiger partial charge is 0.398 e. The van der Waals surface area contributed by atoms with E-state index in [1.165, 1.54) is 12.8 Å². The second-order valence-electron chi connectivity index (χ2n) is 5.15. The van der Waals surface area contributed by atoms with Crippen molar-refractivity contribution in [1.82, 2.24) is 5.32 Å². The van der Waals surface area contributed by atoms with Crippen molar-refractivity contribution in [3.05, 3.63) is 28.2 Å². The average Bonchev–Trinajstić information content (AvgIpc) is 2.32. The van der Waals surface area contributed by atoms with Crippen molar-refractivity contribution in [3.8, 4) is 0 Å². The van der Waals surface area contributed by atoms with Gasteiger partial charge >= 0.3 is 0 Å². The highest BCUT2D eigenvalue weighted by Crippen LogP contribution is 2.26. The van der Waals surface area contributed by atoms with E-state index in [1.807, 2.05) is 0 Å². The molecule has 4 heteroatoms. The minimum atomic E-state index is -0.0340. The molecule has 1 saturated carbocycles. The Labute approximate surface area is 116 Å². The quantitative estimate of drug-likeness (QED) is 0.823. The Morgan fingerprint density at radius 3 is 2.94 bits per heavy atom. The molecule has 0 aliphatic heterocycles. The zero-order valence-electron chi connectivity index (χ0n) is 10.6. The first kappa shape index (κ1) is 13.4. The molecule has 2 rings (SSSR count). The molecule has 0 spiro atoms. The molecule has 2 unspecified atom stereocenters. The molecule has 1 aromatic carbocycles. The zero-order valence-corrected chi connectivity index (χ0v) is 12.2. The van der Waals surface area contributed by atoms with Gasteiger partial charge in [-0.15, -0.1) is 0 Å². The molecule has 0 saturated heterocycles. The van der Waals surface area contributed by atoms with Crippen LogP contribution < -0.4 is 11.1 Å². The average molecular weight is 311 g/mol. The lowest BCUT2D eigenvalue weighted by molar-refractivity contribution is 0.0920. The lowest BCUT2D eigenvalue weighted by Crippen LogP contribution is -2.38. The SMILES string of the molecule is CC1CCCC(NC(=O)c2cccc(N)c2Br)C1. The summed E-state index contributed by atoms with van der Waals surface area (Å²) < 4.78 is 0.686. The Hall–Kier alpha value is -1.03. The second-order valence-corrected chi connectivity index (χ2v) is 5.94. The van der Waals surface area contributed by atoms with Gasteiger partial charge in [-0.2, -0.15) is 0 Å². The third kappa shape index (κ3) is 3.05. The fourth-order valence-electron chi connectivity index (χ4n) is 2.55. The van der Waals surface area contributed by atoms with E-state index in [9.17, 15) is 4.79 Å². The van der Waals surface area contributed by atoms with Gasteiger partial charge in [-0.1, -0.05) is 25.8 Å². The molecule has 2 atom stereocenters. The summed E-state index contributed by atoms with van der Waals surface area (Å²) in [5.74, 6) is 0.668. The molecule has 1 aliphatic rings. The van der Waals surface area contributed by atoms with Crippen molar-refractivity contribution in [2.45, 2.75) is 38.6 Å². The lowest BCUT2D eigenvalue weighted by Gasteiger charge is -2.27. The van der Waals surface area contributed by atoms with E-state index in [-0.39, 0.29) is 5.91 Å². The van der Waals surface area contributed by atoms with Gasteiger partial charge in [0.2, 0.25) is 0 Å². The summed E-state index contributed by atoms with van der Waals surface area (Å²) in [5, 5.41) is 3.11. The van der Waals surface area contributed by atoms with E-state index in [2.05, 4.69) is 28.2 Å². The van der Waals surface area contributed by atoms with Crippen LogP contribution in [0.1, 0.15) is 43.0 Å². The van der Waals surface area contributed by atoms with Crippen LogP contribution in [0.3, 0.4) is 0 Å². The predicted octanol–water partition coefficient (Wildman–Crippen LogP) is 3.34. The van der Waals surface area contributed by atoms with Crippen LogP contribution >= 0.6 is 15.9 Å². The van der Waals surface area contributed by atoms with Gasteiger partial charge in [0.15, 0.2) is 0 Å². The minimum Gasteiger partial charge on any atom is -0.398 e. The van der Waals surface area contributed by atoms with Crippen molar-refractivity contribution >= 4 is 27.5 Å². The molecule has 98 valence electrons. The van der Waals surface area contributed by atoms with E-state index in [0.29, 0.717) is 27.7 Å².